The molecule has 3 N–H and O–H groups in total. The molecule has 1 heterocycles. The molecule has 5 heteroatoms. The summed E-state index contributed by atoms with van der Waals surface area (Å²) >= 11 is 0. The van der Waals surface area contributed by atoms with Crippen molar-refractivity contribution in [1.29, 1.82) is 0 Å². The van der Waals surface area contributed by atoms with Gasteiger partial charge in [-0.1, -0.05) is 12.8 Å². The first kappa shape index (κ1) is 11.8. The minimum Gasteiger partial charge on any atom is -0.480 e. The molecule has 1 aliphatic heterocycles. The van der Waals surface area contributed by atoms with Crippen LogP contribution < -0.4 is 0 Å². The van der Waals surface area contributed by atoms with Gasteiger partial charge >= 0.3 is 5.97 Å². The number of rotatable bonds is 2. The van der Waals surface area contributed by atoms with E-state index in [9.17, 15) is 15.0 Å². The summed E-state index contributed by atoms with van der Waals surface area (Å²) in [6.45, 7) is 0.374. The summed E-state index contributed by atoms with van der Waals surface area (Å²) in [6, 6.07) is -0.722. The zero-order valence-corrected chi connectivity index (χ0v) is 9.25. The number of nitrogens with zero attached hydrogens (tertiary/aromatic N) is 1. The lowest BCUT2D eigenvalue weighted by Gasteiger charge is -2.37. The minimum absolute atomic E-state index is 0.0907. The maximum Gasteiger partial charge on any atom is 0.321 e. The largest absolute Gasteiger partial charge is 0.480 e. The van der Waals surface area contributed by atoms with Crippen LogP contribution >= 0.6 is 0 Å². The molecule has 0 bridgehead atoms. The molecule has 1 saturated heterocycles. The van der Waals surface area contributed by atoms with Crippen LogP contribution in [0.4, 0.5) is 0 Å². The van der Waals surface area contributed by atoms with Gasteiger partial charge in [0.25, 0.3) is 0 Å². The van der Waals surface area contributed by atoms with Gasteiger partial charge in [-0.15, -0.1) is 0 Å². The summed E-state index contributed by atoms with van der Waals surface area (Å²) in [5.41, 5.74) is 0. The number of aliphatic hydroxyl groups excluding tert-OH is 2. The van der Waals surface area contributed by atoms with Crippen LogP contribution in [-0.4, -0.2) is 57.0 Å². The Balaban J connectivity index is 2.08. The van der Waals surface area contributed by atoms with Crippen molar-refractivity contribution >= 4 is 5.97 Å². The Hall–Kier alpha value is -0.650. The molecule has 5 nitrogen and oxygen atoms in total. The van der Waals surface area contributed by atoms with Crippen LogP contribution in [0.25, 0.3) is 0 Å². The molecule has 92 valence electrons. The van der Waals surface area contributed by atoms with Crippen molar-refractivity contribution in [2.75, 3.05) is 6.54 Å². The van der Waals surface area contributed by atoms with Crippen LogP contribution in [0, 0.1) is 0 Å². The van der Waals surface area contributed by atoms with Gasteiger partial charge in [0.1, 0.15) is 6.04 Å². The fourth-order valence-electron chi connectivity index (χ4n) is 2.93. The number of hydrogen-bond donors (Lipinski definition) is 3. The van der Waals surface area contributed by atoms with Crippen molar-refractivity contribution < 1.29 is 20.1 Å². The van der Waals surface area contributed by atoms with Crippen molar-refractivity contribution in [3.63, 3.8) is 0 Å². The molecule has 0 amide bonds. The molecule has 1 aliphatic carbocycles. The number of carbonyl (C=O) groups is 1. The lowest BCUT2D eigenvalue weighted by molar-refractivity contribution is -0.144. The average Bonchev–Trinajstić information content (AvgIpc) is 2.61. The van der Waals surface area contributed by atoms with E-state index in [0.717, 1.165) is 25.7 Å². The highest BCUT2D eigenvalue weighted by molar-refractivity contribution is 5.74. The van der Waals surface area contributed by atoms with Gasteiger partial charge in [0, 0.05) is 19.0 Å². The zero-order valence-electron chi connectivity index (χ0n) is 9.25. The van der Waals surface area contributed by atoms with E-state index in [0.29, 0.717) is 6.54 Å². The van der Waals surface area contributed by atoms with Crippen molar-refractivity contribution in [1.82, 2.24) is 4.90 Å². The quantitative estimate of drug-likeness (QED) is 0.611. The highest BCUT2D eigenvalue weighted by atomic mass is 16.4. The molecule has 0 unspecified atom stereocenters. The predicted molar refractivity (Wildman–Crippen MR) is 57.0 cm³/mol. The molecule has 2 aliphatic rings. The molecule has 2 rings (SSSR count). The van der Waals surface area contributed by atoms with Gasteiger partial charge in [0.15, 0.2) is 0 Å². The van der Waals surface area contributed by atoms with E-state index in [1.807, 2.05) is 0 Å². The fourth-order valence-corrected chi connectivity index (χ4v) is 2.93. The molecule has 2 fully saturated rings. The van der Waals surface area contributed by atoms with Crippen LogP contribution in [0.15, 0.2) is 0 Å². The summed E-state index contributed by atoms with van der Waals surface area (Å²) in [6.07, 6.45) is 2.86. The van der Waals surface area contributed by atoms with Gasteiger partial charge in [0.2, 0.25) is 0 Å². The molecule has 0 aromatic carbocycles. The van der Waals surface area contributed by atoms with E-state index in [1.165, 1.54) is 0 Å². The van der Waals surface area contributed by atoms with E-state index < -0.39 is 24.2 Å². The van der Waals surface area contributed by atoms with E-state index in [4.69, 9.17) is 5.11 Å². The SMILES string of the molecule is O=C(O)[C@@H]1C[C@H](O)CN1[C@H]1CCCC[C@H]1O. The monoisotopic (exact) mass is 229 g/mol. The third kappa shape index (κ3) is 2.21. The van der Waals surface area contributed by atoms with Crippen LogP contribution in [-0.2, 0) is 4.79 Å². The van der Waals surface area contributed by atoms with Crippen LogP contribution in [0.2, 0.25) is 0 Å². The van der Waals surface area contributed by atoms with Crippen LogP contribution in [0.1, 0.15) is 32.1 Å². The summed E-state index contributed by atoms with van der Waals surface area (Å²) < 4.78 is 0. The molecule has 1 saturated carbocycles. The van der Waals surface area contributed by atoms with Gasteiger partial charge in [0.05, 0.1) is 12.2 Å². The number of hydrogen-bond acceptors (Lipinski definition) is 4. The topological polar surface area (TPSA) is 81.0 Å². The second kappa shape index (κ2) is 4.69. The Labute approximate surface area is 94.7 Å². The first-order valence-corrected chi connectivity index (χ1v) is 5.94. The van der Waals surface area contributed by atoms with E-state index >= 15 is 0 Å². The summed E-state index contributed by atoms with van der Waals surface area (Å²) in [5.74, 6) is -0.894. The Kier molecular flexibility index (Phi) is 3.47. The molecule has 0 aromatic heterocycles. The lowest BCUT2D eigenvalue weighted by atomic mass is 9.91. The van der Waals surface area contributed by atoms with Crippen LogP contribution in [0.3, 0.4) is 0 Å². The number of carboxylic acids is 1. The minimum atomic E-state index is -0.894. The summed E-state index contributed by atoms with van der Waals surface area (Å²) in [5, 5.41) is 28.5. The highest BCUT2D eigenvalue weighted by Gasteiger charge is 2.42. The van der Waals surface area contributed by atoms with Crippen LogP contribution in [0.5, 0.6) is 0 Å². The molecule has 4 atom stereocenters. The summed E-state index contributed by atoms with van der Waals surface area (Å²) in [4.78, 5) is 12.8. The Morgan fingerprint density at radius 1 is 1.19 bits per heavy atom. The highest BCUT2D eigenvalue weighted by Crippen LogP contribution is 2.29. The van der Waals surface area contributed by atoms with E-state index in [1.54, 1.807) is 4.90 Å². The Morgan fingerprint density at radius 2 is 1.88 bits per heavy atom. The molecule has 16 heavy (non-hydrogen) atoms. The normalized spacial score (nSPS) is 41.1. The third-order valence-electron chi connectivity index (χ3n) is 3.72. The number of aliphatic hydroxyl groups is 2. The molecule has 0 spiro atoms. The second-order valence-electron chi connectivity index (χ2n) is 4.86. The molecular weight excluding hydrogens is 210 g/mol. The fraction of sp³-hybridized carbons (Fsp3) is 0.909. The Bertz CT molecular complexity index is 271. The van der Waals surface area contributed by atoms with Gasteiger partial charge in [-0.05, 0) is 12.8 Å². The van der Waals surface area contributed by atoms with Crippen molar-refractivity contribution in [3.05, 3.63) is 0 Å². The zero-order chi connectivity index (χ0) is 11.7. The molecular formula is C11H19NO4. The van der Waals surface area contributed by atoms with E-state index in [-0.39, 0.29) is 12.5 Å². The number of aliphatic carboxylic acids is 1. The standard InChI is InChI=1S/C11H19NO4/c13-7-5-9(11(15)16)12(6-7)8-3-1-2-4-10(8)14/h7-10,13-14H,1-6H2,(H,15,16)/t7-,8-,9-,10+/m0/s1. The van der Waals surface area contributed by atoms with Gasteiger partial charge in [-0.25, -0.2) is 0 Å². The van der Waals surface area contributed by atoms with Gasteiger partial charge < -0.3 is 15.3 Å². The lowest BCUT2D eigenvalue weighted by Crippen LogP contribution is -2.50. The van der Waals surface area contributed by atoms with Gasteiger partial charge in [-0.2, -0.15) is 0 Å². The predicted octanol–water partition coefficient (Wildman–Crippen LogP) is -0.190. The van der Waals surface area contributed by atoms with Gasteiger partial charge in [-0.3, -0.25) is 9.69 Å². The molecule has 0 radical (unpaired) electrons. The van der Waals surface area contributed by atoms with Crippen molar-refractivity contribution in [3.8, 4) is 0 Å². The third-order valence-corrected chi connectivity index (χ3v) is 3.72. The Morgan fingerprint density at radius 3 is 2.50 bits per heavy atom. The van der Waals surface area contributed by atoms with Crippen molar-refractivity contribution in [2.24, 2.45) is 0 Å². The molecule has 0 aromatic rings. The number of likely N-dealkylation sites (tertiary alicyclic amines) is 1. The first-order valence-electron chi connectivity index (χ1n) is 5.94. The van der Waals surface area contributed by atoms with Crippen molar-refractivity contribution in [2.45, 2.75) is 56.4 Å². The number of carboxylic acid groups (broad SMARTS) is 1. The summed E-state index contributed by atoms with van der Waals surface area (Å²) in [7, 11) is 0. The average molecular weight is 229 g/mol. The maximum atomic E-state index is 11.1. The smallest absolute Gasteiger partial charge is 0.321 e. The first-order chi connectivity index (χ1) is 7.59. The number of β-amino-alcohol motifs (C(OH)–C–C–N with tert-alkyl or cyclic N) is 1. The van der Waals surface area contributed by atoms with E-state index in [2.05, 4.69) is 0 Å². The second-order valence-corrected chi connectivity index (χ2v) is 4.86. The maximum absolute atomic E-state index is 11.1.